The number of thioether (sulfide) groups is 1. The number of fused-ring (bicyclic) bond motifs is 1. The van der Waals surface area contributed by atoms with Gasteiger partial charge in [-0.25, -0.2) is 9.07 Å². The lowest BCUT2D eigenvalue weighted by atomic mass is 9.99. The van der Waals surface area contributed by atoms with Crippen LogP contribution < -0.4 is 4.90 Å². The number of nitrogens with zero attached hydrogens (tertiary/aromatic N) is 4. The third-order valence-electron chi connectivity index (χ3n) is 7.16. The van der Waals surface area contributed by atoms with Crippen molar-refractivity contribution in [2.24, 2.45) is 0 Å². The zero-order chi connectivity index (χ0) is 26.9. The van der Waals surface area contributed by atoms with Crippen molar-refractivity contribution in [2.45, 2.75) is 18.1 Å². The summed E-state index contributed by atoms with van der Waals surface area (Å²) in [7, 11) is 0. The van der Waals surface area contributed by atoms with Crippen molar-refractivity contribution in [1.29, 1.82) is 0 Å². The van der Waals surface area contributed by atoms with E-state index in [1.807, 2.05) is 48.5 Å². The zero-order valence-corrected chi connectivity index (χ0v) is 22.7. The van der Waals surface area contributed by atoms with Gasteiger partial charge in [0.25, 0.3) is 0 Å². The summed E-state index contributed by atoms with van der Waals surface area (Å²) in [5.74, 6) is -0.190. The number of carbonyl (C=O) groups excluding carboxylic acids is 2. The first-order valence-corrected chi connectivity index (χ1v) is 14.3. The number of likely N-dealkylation sites (tertiary alicyclic amines) is 1. The maximum atomic E-state index is 15.3. The van der Waals surface area contributed by atoms with Gasteiger partial charge in [-0.15, -0.1) is 11.8 Å². The van der Waals surface area contributed by atoms with Gasteiger partial charge in [0.05, 0.1) is 27.4 Å². The molecule has 4 aromatic rings. The van der Waals surface area contributed by atoms with E-state index in [0.29, 0.717) is 46.4 Å². The minimum absolute atomic E-state index is 0.0811. The molecule has 1 fully saturated rings. The van der Waals surface area contributed by atoms with E-state index in [1.165, 1.54) is 22.7 Å². The smallest absolute Gasteiger partial charge is 0.242 e. The summed E-state index contributed by atoms with van der Waals surface area (Å²) in [6, 6.07) is 23.5. The minimum atomic E-state index is -0.538. The Bertz CT molecular complexity index is 1540. The van der Waals surface area contributed by atoms with Gasteiger partial charge >= 0.3 is 0 Å². The lowest BCUT2D eigenvalue weighted by Gasteiger charge is -2.25. The van der Waals surface area contributed by atoms with Crippen LogP contribution in [0.3, 0.4) is 0 Å². The van der Waals surface area contributed by atoms with Crippen LogP contribution in [0.4, 0.5) is 10.2 Å². The summed E-state index contributed by atoms with van der Waals surface area (Å²) in [6.45, 7) is 1.24. The van der Waals surface area contributed by atoms with E-state index < -0.39 is 5.25 Å². The molecule has 3 aromatic carbocycles. The molecule has 198 valence electrons. The van der Waals surface area contributed by atoms with Gasteiger partial charge in [-0.05, 0) is 31.0 Å². The number of halogens is 2. The maximum absolute atomic E-state index is 15.3. The molecular formula is C30H26ClFN4O2S. The van der Waals surface area contributed by atoms with Crippen LogP contribution in [0, 0.1) is 5.82 Å². The average Bonchev–Trinajstić information content (AvgIpc) is 3.60. The molecule has 6 nitrogen and oxygen atoms in total. The second kappa shape index (κ2) is 10.9. The largest absolute Gasteiger partial charge is 0.341 e. The van der Waals surface area contributed by atoms with Gasteiger partial charge in [-0.3, -0.25) is 14.5 Å². The monoisotopic (exact) mass is 560 g/mol. The highest BCUT2D eigenvalue weighted by atomic mass is 35.5. The predicted molar refractivity (Wildman–Crippen MR) is 153 cm³/mol. The van der Waals surface area contributed by atoms with Crippen LogP contribution in [0.2, 0.25) is 5.02 Å². The molecule has 0 unspecified atom stereocenters. The van der Waals surface area contributed by atoms with Gasteiger partial charge in [0.2, 0.25) is 11.8 Å². The topological polar surface area (TPSA) is 58.4 Å². The highest BCUT2D eigenvalue weighted by molar-refractivity contribution is 8.00. The summed E-state index contributed by atoms with van der Waals surface area (Å²) in [6.07, 6.45) is 1.90. The summed E-state index contributed by atoms with van der Waals surface area (Å²) in [5, 5.41) is 4.91. The van der Waals surface area contributed by atoms with E-state index in [0.717, 1.165) is 18.4 Å². The molecule has 0 bridgehead atoms. The van der Waals surface area contributed by atoms with Crippen LogP contribution in [0.5, 0.6) is 0 Å². The number of anilines is 1. The quantitative estimate of drug-likeness (QED) is 0.295. The molecule has 2 aliphatic heterocycles. The Labute approximate surface area is 235 Å². The zero-order valence-electron chi connectivity index (χ0n) is 21.1. The summed E-state index contributed by atoms with van der Waals surface area (Å²) < 4.78 is 17.0. The summed E-state index contributed by atoms with van der Waals surface area (Å²) in [5.41, 5.74) is 3.14. The third-order valence-corrected chi connectivity index (χ3v) is 8.71. The lowest BCUT2D eigenvalue weighted by molar-refractivity contribution is -0.130. The standard InChI is InChI=1S/C30H26ClFN4O2S/c31-22-13-5-7-15-24(22)36-30-27(28(33-36)20-10-2-1-3-11-20)29(21-12-4-6-14-23(21)32)39-19-26(38)35(30)18-25(37)34-16-8-9-17-34/h1-7,10-15,29H,8-9,16-19H2/t29-/m1/s1. The van der Waals surface area contributed by atoms with E-state index in [-0.39, 0.29) is 29.9 Å². The number of hydrogen-bond acceptors (Lipinski definition) is 4. The van der Waals surface area contributed by atoms with Crippen molar-refractivity contribution in [3.63, 3.8) is 0 Å². The van der Waals surface area contributed by atoms with Gasteiger partial charge < -0.3 is 4.90 Å². The molecule has 0 aliphatic carbocycles. The van der Waals surface area contributed by atoms with Crippen LogP contribution in [0.15, 0.2) is 78.9 Å². The fraction of sp³-hybridized carbons (Fsp3) is 0.233. The number of para-hydroxylation sites is 1. The number of rotatable bonds is 5. The van der Waals surface area contributed by atoms with Crippen molar-refractivity contribution in [2.75, 3.05) is 30.3 Å². The fourth-order valence-electron chi connectivity index (χ4n) is 5.25. The number of benzene rings is 3. The molecule has 1 aromatic heterocycles. The first-order valence-electron chi connectivity index (χ1n) is 12.9. The van der Waals surface area contributed by atoms with Gasteiger partial charge in [0.15, 0.2) is 0 Å². The number of hydrogen-bond donors (Lipinski definition) is 0. The molecule has 0 N–H and O–H groups in total. The molecular weight excluding hydrogens is 535 g/mol. The second-order valence-corrected chi connectivity index (χ2v) is 11.1. The van der Waals surface area contributed by atoms with Crippen LogP contribution in [0.1, 0.15) is 29.2 Å². The maximum Gasteiger partial charge on any atom is 0.242 e. The molecule has 0 spiro atoms. The van der Waals surface area contributed by atoms with Gasteiger partial charge in [0.1, 0.15) is 18.2 Å². The predicted octanol–water partition coefficient (Wildman–Crippen LogP) is 6.12. The Balaban J connectivity index is 1.63. The Morgan fingerprint density at radius 3 is 2.41 bits per heavy atom. The highest BCUT2D eigenvalue weighted by Gasteiger charge is 2.39. The molecule has 6 rings (SSSR count). The minimum Gasteiger partial charge on any atom is -0.341 e. The Kier molecular flexibility index (Phi) is 7.14. The first kappa shape index (κ1) is 25.6. The first-order chi connectivity index (χ1) is 19.0. The normalized spacial score (nSPS) is 17.3. The number of carbonyl (C=O) groups is 2. The van der Waals surface area contributed by atoms with E-state index >= 15 is 4.39 Å². The molecule has 2 aliphatic rings. The van der Waals surface area contributed by atoms with Crippen molar-refractivity contribution in [1.82, 2.24) is 14.7 Å². The van der Waals surface area contributed by atoms with Crippen molar-refractivity contribution < 1.29 is 14.0 Å². The Morgan fingerprint density at radius 1 is 0.974 bits per heavy atom. The Morgan fingerprint density at radius 2 is 1.67 bits per heavy atom. The van der Waals surface area contributed by atoms with Crippen molar-refractivity contribution in [3.05, 3.63) is 101 Å². The van der Waals surface area contributed by atoms with Gasteiger partial charge in [-0.1, -0.05) is 72.3 Å². The highest BCUT2D eigenvalue weighted by Crippen LogP contribution is 2.49. The number of amides is 2. The molecule has 1 saturated heterocycles. The SMILES string of the molecule is O=C(CN1C(=O)CS[C@H](c2ccccc2F)c2c(-c3ccccc3)nn(-c3ccccc3Cl)c21)N1CCCC1. The van der Waals surface area contributed by atoms with E-state index in [1.54, 1.807) is 33.8 Å². The van der Waals surface area contributed by atoms with Crippen LogP contribution >= 0.6 is 23.4 Å². The molecule has 0 saturated carbocycles. The lowest BCUT2D eigenvalue weighted by Crippen LogP contribution is -2.43. The van der Waals surface area contributed by atoms with Gasteiger partial charge in [-0.2, -0.15) is 5.10 Å². The molecule has 9 heteroatoms. The van der Waals surface area contributed by atoms with Gasteiger partial charge in [0, 0.05) is 29.8 Å². The number of aromatic nitrogens is 2. The Hall–Kier alpha value is -3.62. The van der Waals surface area contributed by atoms with Crippen molar-refractivity contribution >= 4 is 41.0 Å². The van der Waals surface area contributed by atoms with Crippen molar-refractivity contribution in [3.8, 4) is 16.9 Å². The molecule has 0 radical (unpaired) electrons. The molecule has 39 heavy (non-hydrogen) atoms. The van der Waals surface area contributed by atoms with Crippen LogP contribution in [0.25, 0.3) is 16.9 Å². The average molecular weight is 561 g/mol. The molecule has 2 amide bonds. The summed E-state index contributed by atoms with van der Waals surface area (Å²) in [4.78, 5) is 30.5. The van der Waals surface area contributed by atoms with E-state index in [9.17, 15) is 9.59 Å². The third kappa shape index (κ3) is 4.83. The molecule has 1 atom stereocenters. The van der Waals surface area contributed by atoms with Crippen LogP contribution in [-0.4, -0.2) is 51.9 Å². The van der Waals surface area contributed by atoms with Crippen LogP contribution in [-0.2, 0) is 9.59 Å². The van der Waals surface area contributed by atoms with E-state index in [4.69, 9.17) is 16.7 Å². The summed E-state index contributed by atoms with van der Waals surface area (Å²) >= 11 is 8.01. The van der Waals surface area contributed by atoms with E-state index in [2.05, 4.69) is 0 Å². The molecule has 3 heterocycles. The fourth-order valence-corrected chi connectivity index (χ4v) is 6.69. The second-order valence-electron chi connectivity index (χ2n) is 9.60.